The number of carbonyl (C=O) groups excluding carboxylic acids is 1. The molecule has 0 radical (unpaired) electrons. The van der Waals surface area contributed by atoms with E-state index in [-0.39, 0.29) is 17.6 Å². The van der Waals surface area contributed by atoms with Gasteiger partial charge in [-0.15, -0.1) is 13.2 Å². The minimum atomic E-state index is -4.72. The van der Waals surface area contributed by atoms with Gasteiger partial charge in [0, 0.05) is 5.69 Å². The normalized spacial score (nSPS) is 18.4. The zero-order valence-electron chi connectivity index (χ0n) is 10.5. The van der Waals surface area contributed by atoms with Gasteiger partial charge in [0.25, 0.3) is 0 Å². The monoisotopic (exact) mass is 273 g/mol. The second-order valence-electron chi connectivity index (χ2n) is 4.97. The maximum Gasteiger partial charge on any atom is 0.573 e. The molecule has 6 heteroatoms. The molecule has 1 aliphatic rings. The fraction of sp³-hybridized carbons (Fsp3) is 0.462. The van der Waals surface area contributed by atoms with Gasteiger partial charge in [-0.2, -0.15) is 0 Å². The third-order valence-corrected chi connectivity index (χ3v) is 2.91. The first kappa shape index (κ1) is 13.7. The van der Waals surface area contributed by atoms with E-state index in [0.29, 0.717) is 17.7 Å². The molecule has 1 aliphatic heterocycles. The van der Waals surface area contributed by atoms with Crippen molar-refractivity contribution in [2.75, 3.05) is 5.32 Å². The SMILES string of the molecule is CC(C)CC1C(=O)Nc2ccc(OC(F)(F)F)cc21. The first-order valence-electron chi connectivity index (χ1n) is 5.97. The highest BCUT2D eigenvalue weighted by Crippen LogP contribution is 2.39. The summed E-state index contributed by atoms with van der Waals surface area (Å²) in [6.45, 7) is 3.92. The van der Waals surface area contributed by atoms with E-state index >= 15 is 0 Å². The van der Waals surface area contributed by atoms with Crippen LogP contribution in [0.3, 0.4) is 0 Å². The number of halogens is 3. The Balaban J connectivity index is 2.28. The molecule has 19 heavy (non-hydrogen) atoms. The summed E-state index contributed by atoms with van der Waals surface area (Å²) in [7, 11) is 0. The first-order valence-corrected chi connectivity index (χ1v) is 5.97. The van der Waals surface area contributed by atoms with Crippen LogP contribution < -0.4 is 10.1 Å². The van der Waals surface area contributed by atoms with Crippen molar-refractivity contribution in [3.05, 3.63) is 23.8 Å². The number of benzene rings is 1. The molecule has 1 unspecified atom stereocenters. The smallest absolute Gasteiger partial charge is 0.406 e. The van der Waals surface area contributed by atoms with Crippen LogP contribution in [-0.2, 0) is 4.79 Å². The number of anilines is 1. The van der Waals surface area contributed by atoms with Crippen molar-refractivity contribution < 1.29 is 22.7 Å². The van der Waals surface area contributed by atoms with Gasteiger partial charge in [-0.3, -0.25) is 4.79 Å². The maximum atomic E-state index is 12.2. The summed E-state index contributed by atoms with van der Waals surface area (Å²) >= 11 is 0. The van der Waals surface area contributed by atoms with Crippen LogP contribution in [0, 0.1) is 5.92 Å². The zero-order valence-corrected chi connectivity index (χ0v) is 10.5. The Labute approximate surface area is 108 Å². The Bertz CT molecular complexity index is 497. The van der Waals surface area contributed by atoms with Crippen LogP contribution in [0.5, 0.6) is 5.75 Å². The average Bonchev–Trinajstić information content (AvgIpc) is 2.53. The van der Waals surface area contributed by atoms with Crippen molar-refractivity contribution in [1.29, 1.82) is 0 Å². The molecule has 0 aromatic heterocycles. The van der Waals surface area contributed by atoms with Gasteiger partial charge in [0.15, 0.2) is 0 Å². The molecular weight excluding hydrogens is 259 g/mol. The van der Waals surface area contributed by atoms with E-state index in [0.717, 1.165) is 0 Å². The lowest BCUT2D eigenvalue weighted by Gasteiger charge is -2.13. The fourth-order valence-corrected chi connectivity index (χ4v) is 2.21. The molecule has 0 spiro atoms. The third-order valence-electron chi connectivity index (χ3n) is 2.91. The van der Waals surface area contributed by atoms with Crippen molar-refractivity contribution in [2.45, 2.75) is 32.5 Å². The molecule has 1 N–H and O–H groups in total. The lowest BCUT2D eigenvalue weighted by Crippen LogP contribution is -2.17. The predicted octanol–water partition coefficient (Wildman–Crippen LogP) is 3.67. The molecule has 0 bridgehead atoms. The van der Waals surface area contributed by atoms with Crippen molar-refractivity contribution in [3.63, 3.8) is 0 Å². The average molecular weight is 273 g/mol. The van der Waals surface area contributed by atoms with Crippen LogP contribution in [0.2, 0.25) is 0 Å². The van der Waals surface area contributed by atoms with E-state index in [1.54, 1.807) is 0 Å². The van der Waals surface area contributed by atoms with E-state index in [1.807, 2.05) is 13.8 Å². The Morgan fingerprint density at radius 3 is 2.63 bits per heavy atom. The minimum absolute atomic E-state index is 0.173. The van der Waals surface area contributed by atoms with E-state index in [1.165, 1.54) is 18.2 Å². The van der Waals surface area contributed by atoms with Gasteiger partial charge >= 0.3 is 6.36 Å². The molecule has 104 valence electrons. The summed E-state index contributed by atoms with van der Waals surface area (Å²) in [5.74, 6) is -0.606. The highest BCUT2D eigenvalue weighted by molar-refractivity contribution is 6.03. The first-order chi connectivity index (χ1) is 8.76. The van der Waals surface area contributed by atoms with Crippen LogP contribution in [0.15, 0.2) is 18.2 Å². The van der Waals surface area contributed by atoms with Gasteiger partial charge in [0.1, 0.15) is 5.75 Å². The number of carbonyl (C=O) groups is 1. The number of rotatable bonds is 3. The molecule has 0 fully saturated rings. The van der Waals surface area contributed by atoms with E-state index in [9.17, 15) is 18.0 Å². The number of hydrogen-bond donors (Lipinski definition) is 1. The fourth-order valence-electron chi connectivity index (χ4n) is 2.21. The van der Waals surface area contributed by atoms with Gasteiger partial charge < -0.3 is 10.1 Å². The number of alkyl halides is 3. The van der Waals surface area contributed by atoms with Crippen LogP contribution in [0.4, 0.5) is 18.9 Å². The Morgan fingerprint density at radius 2 is 2.05 bits per heavy atom. The quantitative estimate of drug-likeness (QED) is 0.912. The number of nitrogens with one attached hydrogen (secondary N) is 1. The largest absolute Gasteiger partial charge is 0.573 e. The van der Waals surface area contributed by atoms with Gasteiger partial charge in [0.2, 0.25) is 5.91 Å². The highest BCUT2D eigenvalue weighted by Gasteiger charge is 2.34. The molecule has 1 atom stereocenters. The van der Waals surface area contributed by atoms with Crippen LogP contribution >= 0.6 is 0 Å². The van der Waals surface area contributed by atoms with E-state index in [2.05, 4.69) is 10.1 Å². The minimum Gasteiger partial charge on any atom is -0.406 e. The topological polar surface area (TPSA) is 38.3 Å². The van der Waals surface area contributed by atoms with Crippen molar-refractivity contribution in [3.8, 4) is 5.75 Å². The molecule has 3 nitrogen and oxygen atoms in total. The summed E-state index contributed by atoms with van der Waals surface area (Å²) in [6.07, 6.45) is -4.13. The van der Waals surface area contributed by atoms with E-state index in [4.69, 9.17) is 0 Å². The molecule has 0 saturated heterocycles. The Kier molecular flexibility index (Phi) is 3.43. The van der Waals surface area contributed by atoms with E-state index < -0.39 is 12.3 Å². The summed E-state index contributed by atoms with van der Waals surface area (Å²) in [6, 6.07) is 3.92. The van der Waals surface area contributed by atoms with Crippen LogP contribution in [0.25, 0.3) is 0 Å². The van der Waals surface area contributed by atoms with Gasteiger partial charge in [-0.25, -0.2) is 0 Å². The second kappa shape index (κ2) is 4.75. The summed E-state index contributed by atoms with van der Waals surface area (Å²) < 4.78 is 40.4. The van der Waals surface area contributed by atoms with Crippen LogP contribution in [0.1, 0.15) is 31.7 Å². The second-order valence-corrected chi connectivity index (χ2v) is 4.97. The lowest BCUT2D eigenvalue weighted by atomic mass is 9.91. The summed E-state index contributed by atoms with van der Waals surface area (Å²) in [5, 5.41) is 2.67. The molecular formula is C13H14F3NO2. The molecule has 2 rings (SSSR count). The lowest BCUT2D eigenvalue weighted by molar-refractivity contribution is -0.274. The van der Waals surface area contributed by atoms with Crippen LogP contribution in [-0.4, -0.2) is 12.3 Å². The maximum absolute atomic E-state index is 12.2. The third kappa shape index (κ3) is 3.19. The summed E-state index contributed by atoms with van der Waals surface area (Å²) in [5.41, 5.74) is 1.13. The van der Waals surface area contributed by atoms with Gasteiger partial charge in [-0.05, 0) is 36.1 Å². The number of fused-ring (bicyclic) bond motifs is 1. The zero-order chi connectivity index (χ0) is 14.2. The molecule has 1 heterocycles. The molecule has 1 aromatic rings. The van der Waals surface area contributed by atoms with Crippen molar-refractivity contribution in [1.82, 2.24) is 0 Å². The Hall–Kier alpha value is -1.72. The standard InChI is InChI=1S/C13H14F3NO2/c1-7(2)5-10-9-6-8(19-13(14,15)16)3-4-11(9)17-12(10)18/h3-4,6-7,10H,5H2,1-2H3,(H,17,18). The van der Waals surface area contributed by atoms with Crippen molar-refractivity contribution >= 4 is 11.6 Å². The molecule has 0 saturated carbocycles. The Morgan fingerprint density at radius 1 is 1.37 bits per heavy atom. The highest BCUT2D eigenvalue weighted by atomic mass is 19.4. The molecule has 1 amide bonds. The summed E-state index contributed by atoms with van der Waals surface area (Å²) in [4.78, 5) is 11.8. The van der Waals surface area contributed by atoms with Gasteiger partial charge in [0.05, 0.1) is 5.92 Å². The molecule has 0 aliphatic carbocycles. The number of amides is 1. The van der Waals surface area contributed by atoms with Gasteiger partial charge in [-0.1, -0.05) is 13.8 Å². The predicted molar refractivity (Wildman–Crippen MR) is 64.0 cm³/mol. The molecule has 1 aromatic carbocycles. The number of hydrogen-bond acceptors (Lipinski definition) is 2. The number of ether oxygens (including phenoxy) is 1. The van der Waals surface area contributed by atoms with Crippen molar-refractivity contribution in [2.24, 2.45) is 5.92 Å².